The summed E-state index contributed by atoms with van der Waals surface area (Å²) in [5.74, 6) is 0.307. The summed E-state index contributed by atoms with van der Waals surface area (Å²) in [6.45, 7) is 5.76. The second-order valence-electron chi connectivity index (χ2n) is 7.68. The van der Waals surface area contributed by atoms with Gasteiger partial charge < -0.3 is 16.4 Å². The number of nitrogens with two attached hydrogens (primary N) is 1. The Morgan fingerprint density at radius 3 is 2.41 bits per heavy atom. The van der Waals surface area contributed by atoms with E-state index in [2.05, 4.69) is 27.8 Å². The van der Waals surface area contributed by atoms with Crippen LogP contribution in [0.25, 0.3) is 0 Å². The zero-order chi connectivity index (χ0) is 21.2. The minimum absolute atomic E-state index is 0.0000833. The summed E-state index contributed by atoms with van der Waals surface area (Å²) in [5, 5.41) is 6.20. The number of nitrogen functional groups attached to an aromatic ring is 1. The molecule has 29 heavy (non-hydrogen) atoms. The SMILES string of the molecule is CC(C)N[C@H](CCc1ccccc1)C(=O)N[C@@H](C)C(=O)CCc1ccnc(N)c1. The van der Waals surface area contributed by atoms with Crippen LogP contribution in [0.15, 0.2) is 48.7 Å². The van der Waals surface area contributed by atoms with E-state index >= 15 is 0 Å². The van der Waals surface area contributed by atoms with Crippen LogP contribution < -0.4 is 16.4 Å². The van der Waals surface area contributed by atoms with Crippen molar-refractivity contribution in [2.75, 3.05) is 5.73 Å². The molecule has 0 radical (unpaired) electrons. The number of nitrogens with zero attached hydrogens (tertiary/aromatic N) is 1. The highest BCUT2D eigenvalue weighted by molar-refractivity contribution is 5.90. The summed E-state index contributed by atoms with van der Waals surface area (Å²) < 4.78 is 0. The smallest absolute Gasteiger partial charge is 0.237 e. The first-order valence-electron chi connectivity index (χ1n) is 10.2. The number of hydrogen-bond acceptors (Lipinski definition) is 5. The maximum atomic E-state index is 12.8. The molecule has 2 rings (SSSR count). The number of pyridine rings is 1. The molecule has 0 spiro atoms. The molecule has 0 saturated heterocycles. The quantitative estimate of drug-likeness (QED) is 0.543. The van der Waals surface area contributed by atoms with E-state index in [-0.39, 0.29) is 23.8 Å². The lowest BCUT2D eigenvalue weighted by atomic mass is 10.0. The third-order valence-corrected chi connectivity index (χ3v) is 4.76. The van der Waals surface area contributed by atoms with Crippen LogP contribution in [-0.4, -0.2) is 34.8 Å². The van der Waals surface area contributed by atoms with Crippen molar-refractivity contribution < 1.29 is 9.59 Å². The van der Waals surface area contributed by atoms with Gasteiger partial charge in [-0.3, -0.25) is 9.59 Å². The van der Waals surface area contributed by atoms with Crippen LogP contribution in [0.3, 0.4) is 0 Å². The summed E-state index contributed by atoms with van der Waals surface area (Å²) in [6, 6.07) is 13.0. The van der Waals surface area contributed by atoms with Gasteiger partial charge in [0.2, 0.25) is 5.91 Å². The normalized spacial score (nSPS) is 13.1. The molecular formula is C23H32N4O2. The van der Waals surface area contributed by atoms with E-state index in [9.17, 15) is 9.59 Å². The van der Waals surface area contributed by atoms with Crippen molar-refractivity contribution in [3.05, 3.63) is 59.8 Å². The molecule has 0 fully saturated rings. The molecule has 6 nitrogen and oxygen atoms in total. The second-order valence-corrected chi connectivity index (χ2v) is 7.68. The van der Waals surface area contributed by atoms with Gasteiger partial charge in [0.1, 0.15) is 5.82 Å². The number of rotatable bonds is 11. The van der Waals surface area contributed by atoms with E-state index in [4.69, 9.17) is 5.73 Å². The Hall–Kier alpha value is -2.73. The molecule has 0 aliphatic rings. The number of ketones is 1. The molecule has 6 heteroatoms. The van der Waals surface area contributed by atoms with Crippen molar-refractivity contribution in [2.45, 2.75) is 64.6 Å². The summed E-state index contributed by atoms with van der Waals surface area (Å²) >= 11 is 0. The molecule has 156 valence electrons. The number of aryl methyl sites for hydroxylation is 2. The van der Waals surface area contributed by atoms with Gasteiger partial charge in [0.05, 0.1) is 12.1 Å². The lowest BCUT2D eigenvalue weighted by molar-refractivity contribution is -0.128. The molecule has 0 aliphatic carbocycles. The van der Waals surface area contributed by atoms with Gasteiger partial charge in [-0.2, -0.15) is 0 Å². The number of amides is 1. The number of hydrogen-bond donors (Lipinski definition) is 3. The van der Waals surface area contributed by atoms with Gasteiger partial charge in [-0.25, -0.2) is 4.98 Å². The third-order valence-electron chi connectivity index (χ3n) is 4.76. The van der Waals surface area contributed by atoms with Gasteiger partial charge in [0, 0.05) is 18.7 Å². The molecule has 0 unspecified atom stereocenters. The topological polar surface area (TPSA) is 97.1 Å². The number of carbonyl (C=O) groups excluding carboxylic acids is 2. The second kappa shape index (κ2) is 11.3. The fourth-order valence-corrected chi connectivity index (χ4v) is 3.18. The number of nitrogens with one attached hydrogen (secondary N) is 2. The number of carbonyl (C=O) groups is 2. The highest BCUT2D eigenvalue weighted by Gasteiger charge is 2.23. The zero-order valence-corrected chi connectivity index (χ0v) is 17.5. The van der Waals surface area contributed by atoms with Gasteiger partial charge in [0.15, 0.2) is 5.78 Å². The van der Waals surface area contributed by atoms with Crippen molar-refractivity contribution >= 4 is 17.5 Å². The van der Waals surface area contributed by atoms with E-state index in [1.54, 1.807) is 19.2 Å². The third kappa shape index (κ3) is 8.03. The lowest BCUT2D eigenvalue weighted by Crippen LogP contribution is -2.51. The average Bonchev–Trinajstić information content (AvgIpc) is 2.69. The molecule has 1 aromatic carbocycles. The monoisotopic (exact) mass is 396 g/mol. The number of aromatic nitrogens is 1. The maximum Gasteiger partial charge on any atom is 0.237 e. The fourth-order valence-electron chi connectivity index (χ4n) is 3.18. The van der Waals surface area contributed by atoms with Crippen LogP contribution in [-0.2, 0) is 22.4 Å². The van der Waals surface area contributed by atoms with Crippen LogP contribution in [0.4, 0.5) is 5.82 Å². The molecule has 1 amide bonds. The molecule has 0 bridgehead atoms. The van der Waals surface area contributed by atoms with Crippen molar-refractivity contribution in [2.24, 2.45) is 0 Å². The van der Waals surface area contributed by atoms with Crippen molar-refractivity contribution in [1.82, 2.24) is 15.6 Å². The standard InChI is InChI=1S/C23H32N4O2/c1-16(2)26-20(11-9-18-7-5-4-6-8-18)23(29)27-17(3)21(28)12-10-19-13-14-25-22(24)15-19/h4-8,13-17,20,26H,9-12H2,1-3H3,(H2,24,25)(H,27,29)/t17-,20+/m0/s1. The summed E-state index contributed by atoms with van der Waals surface area (Å²) in [6.07, 6.45) is 4.02. The zero-order valence-electron chi connectivity index (χ0n) is 17.5. The molecule has 2 atom stereocenters. The van der Waals surface area contributed by atoms with Crippen LogP contribution in [0.5, 0.6) is 0 Å². The van der Waals surface area contributed by atoms with E-state index in [0.29, 0.717) is 25.1 Å². The Labute approximate surface area is 173 Å². The first kappa shape index (κ1) is 22.6. The van der Waals surface area contributed by atoms with Gasteiger partial charge >= 0.3 is 0 Å². The van der Waals surface area contributed by atoms with E-state index in [1.165, 1.54) is 5.56 Å². The number of anilines is 1. The minimum atomic E-state index is -0.533. The summed E-state index contributed by atoms with van der Waals surface area (Å²) in [5.41, 5.74) is 7.83. The van der Waals surface area contributed by atoms with E-state index in [0.717, 1.165) is 12.0 Å². The predicted molar refractivity (Wildman–Crippen MR) is 116 cm³/mol. The van der Waals surface area contributed by atoms with E-state index < -0.39 is 6.04 Å². The van der Waals surface area contributed by atoms with Crippen LogP contribution >= 0.6 is 0 Å². The predicted octanol–water partition coefficient (Wildman–Crippen LogP) is 2.67. The first-order chi connectivity index (χ1) is 13.8. The lowest BCUT2D eigenvalue weighted by Gasteiger charge is -2.23. The Morgan fingerprint density at radius 2 is 1.76 bits per heavy atom. The van der Waals surface area contributed by atoms with Gasteiger partial charge in [-0.05, 0) is 49.4 Å². The Morgan fingerprint density at radius 1 is 1.03 bits per heavy atom. The molecule has 0 saturated carbocycles. The molecule has 1 aromatic heterocycles. The average molecular weight is 397 g/mol. The van der Waals surface area contributed by atoms with Crippen molar-refractivity contribution in [3.8, 4) is 0 Å². The molecule has 2 aromatic rings. The van der Waals surface area contributed by atoms with Crippen molar-refractivity contribution in [3.63, 3.8) is 0 Å². The van der Waals surface area contributed by atoms with E-state index in [1.807, 2.05) is 38.1 Å². The van der Waals surface area contributed by atoms with Gasteiger partial charge in [0.25, 0.3) is 0 Å². The Bertz CT molecular complexity index is 792. The number of Topliss-reactive ketones (excluding diaryl/α,β-unsaturated/α-hetero) is 1. The Kier molecular flexibility index (Phi) is 8.80. The molecule has 4 N–H and O–H groups in total. The van der Waals surface area contributed by atoms with Crippen LogP contribution in [0, 0.1) is 0 Å². The Balaban J connectivity index is 1.87. The first-order valence-corrected chi connectivity index (χ1v) is 10.2. The maximum absolute atomic E-state index is 12.8. The molecule has 1 heterocycles. The van der Waals surface area contributed by atoms with Crippen molar-refractivity contribution in [1.29, 1.82) is 0 Å². The van der Waals surface area contributed by atoms with Crippen LogP contribution in [0.1, 0.15) is 44.7 Å². The molecular weight excluding hydrogens is 364 g/mol. The van der Waals surface area contributed by atoms with Gasteiger partial charge in [-0.1, -0.05) is 44.2 Å². The van der Waals surface area contributed by atoms with Gasteiger partial charge in [-0.15, -0.1) is 0 Å². The fraction of sp³-hybridized carbons (Fsp3) is 0.435. The largest absolute Gasteiger partial charge is 0.384 e. The van der Waals surface area contributed by atoms with Crippen LogP contribution in [0.2, 0.25) is 0 Å². The summed E-state index contributed by atoms with van der Waals surface area (Å²) in [4.78, 5) is 29.2. The number of benzene rings is 1. The molecule has 0 aliphatic heterocycles. The minimum Gasteiger partial charge on any atom is -0.384 e. The highest BCUT2D eigenvalue weighted by Crippen LogP contribution is 2.09. The highest BCUT2D eigenvalue weighted by atomic mass is 16.2. The summed E-state index contributed by atoms with van der Waals surface area (Å²) in [7, 11) is 0.